The molecule has 0 fully saturated rings. The number of carbonyl (C=O) groups excluding carboxylic acids is 2. The van der Waals surface area contributed by atoms with Gasteiger partial charge >= 0.3 is 0 Å². The lowest BCUT2D eigenvalue weighted by Gasteiger charge is -2.00. The lowest BCUT2D eigenvalue weighted by molar-refractivity contribution is 0.100. The van der Waals surface area contributed by atoms with E-state index in [9.17, 15) is 9.59 Å². The van der Waals surface area contributed by atoms with E-state index >= 15 is 0 Å². The van der Waals surface area contributed by atoms with E-state index in [1.807, 2.05) is 6.07 Å². The van der Waals surface area contributed by atoms with Gasteiger partial charge in [0.05, 0.1) is 11.1 Å². The number of aromatic nitrogens is 1. The third kappa shape index (κ3) is 1.08. The Morgan fingerprint density at radius 2 is 2.14 bits per heavy atom. The van der Waals surface area contributed by atoms with Crippen molar-refractivity contribution in [2.45, 2.75) is 0 Å². The Labute approximate surface area is 79.9 Å². The fourth-order valence-corrected chi connectivity index (χ4v) is 1.51. The van der Waals surface area contributed by atoms with Crippen molar-refractivity contribution in [3.63, 3.8) is 0 Å². The van der Waals surface area contributed by atoms with Crippen LogP contribution < -0.4 is 5.73 Å². The SMILES string of the molecule is NC(=O)c1cccc2ccn(C=O)c12. The lowest BCUT2D eigenvalue weighted by atomic mass is 10.1. The Morgan fingerprint density at radius 1 is 1.36 bits per heavy atom. The second kappa shape index (κ2) is 2.99. The van der Waals surface area contributed by atoms with Crippen LogP contribution in [0.2, 0.25) is 0 Å². The van der Waals surface area contributed by atoms with Crippen molar-refractivity contribution in [1.82, 2.24) is 4.57 Å². The maximum atomic E-state index is 11.1. The first-order valence-electron chi connectivity index (χ1n) is 4.08. The van der Waals surface area contributed by atoms with Gasteiger partial charge in [0.1, 0.15) is 0 Å². The summed E-state index contributed by atoms with van der Waals surface area (Å²) in [7, 11) is 0. The molecule has 0 bridgehead atoms. The molecule has 0 radical (unpaired) electrons. The molecular weight excluding hydrogens is 180 g/mol. The highest BCUT2D eigenvalue weighted by Gasteiger charge is 2.09. The summed E-state index contributed by atoms with van der Waals surface area (Å²) < 4.78 is 1.34. The van der Waals surface area contributed by atoms with Crippen molar-refractivity contribution in [3.05, 3.63) is 36.0 Å². The molecule has 0 unspecified atom stereocenters. The van der Waals surface area contributed by atoms with Crippen LogP contribution in [0.4, 0.5) is 0 Å². The van der Waals surface area contributed by atoms with E-state index in [0.29, 0.717) is 17.5 Å². The van der Waals surface area contributed by atoms with Gasteiger partial charge in [-0.3, -0.25) is 14.2 Å². The minimum Gasteiger partial charge on any atom is -0.366 e. The predicted molar refractivity (Wildman–Crippen MR) is 52.6 cm³/mol. The second-order valence-corrected chi connectivity index (χ2v) is 2.94. The summed E-state index contributed by atoms with van der Waals surface area (Å²) in [6.45, 7) is 0. The number of para-hydroxylation sites is 1. The van der Waals surface area contributed by atoms with E-state index in [0.717, 1.165) is 5.39 Å². The van der Waals surface area contributed by atoms with Crippen molar-refractivity contribution in [3.8, 4) is 0 Å². The summed E-state index contributed by atoms with van der Waals surface area (Å²) in [5.74, 6) is -0.530. The second-order valence-electron chi connectivity index (χ2n) is 2.94. The molecule has 0 saturated carbocycles. The zero-order valence-electron chi connectivity index (χ0n) is 7.31. The molecule has 1 aromatic heterocycles. The molecule has 1 amide bonds. The molecule has 14 heavy (non-hydrogen) atoms. The molecule has 2 N–H and O–H groups in total. The van der Waals surface area contributed by atoms with Crippen LogP contribution in [-0.4, -0.2) is 16.9 Å². The van der Waals surface area contributed by atoms with E-state index in [2.05, 4.69) is 0 Å². The zero-order chi connectivity index (χ0) is 10.1. The number of benzene rings is 1. The summed E-state index contributed by atoms with van der Waals surface area (Å²) in [5.41, 5.74) is 6.12. The highest BCUT2D eigenvalue weighted by atomic mass is 16.1. The van der Waals surface area contributed by atoms with Crippen LogP contribution in [0.15, 0.2) is 30.5 Å². The van der Waals surface area contributed by atoms with Crippen LogP contribution in [0.3, 0.4) is 0 Å². The fraction of sp³-hybridized carbons (Fsp3) is 0. The molecule has 1 aromatic carbocycles. The van der Waals surface area contributed by atoms with Gasteiger partial charge in [0.15, 0.2) is 0 Å². The number of nitrogens with two attached hydrogens (primary N) is 1. The minimum absolute atomic E-state index is 0.361. The Kier molecular flexibility index (Phi) is 1.81. The first kappa shape index (κ1) is 8.50. The van der Waals surface area contributed by atoms with Gasteiger partial charge in [-0.25, -0.2) is 0 Å². The number of nitrogens with zero attached hydrogens (tertiary/aromatic N) is 1. The molecule has 70 valence electrons. The van der Waals surface area contributed by atoms with Gasteiger partial charge in [0.25, 0.3) is 5.91 Å². The summed E-state index contributed by atoms with van der Waals surface area (Å²) in [6.07, 6.45) is 2.25. The van der Waals surface area contributed by atoms with Crippen molar-refractivity contribution >= 4 is 23.2 Å². The average Bonchev–Trinajstić information content (AvgIpc) is 2.59. The largest absolute Gasteiger partial charge is 0.366 e. The van der Waals surface area contributed by atoms with Crippen molar-refractivity contribution < 1.29 is 9.59 Å². The maximum absolute atomic E-state index is 11.1. The summed E-state index contributed by atoms with van der Waals surface area (Å²) in [6, 6.07) is 6.92. The zero-order valence-corrected chi connectivity index (χ0v) is 7.31. The molecule has 2 rings (SSSR count). The molecule has 0 saturated heterocycles. The van der Waals surface area contributed by atoms with Gasteiger partial charge in [-0.2, -0.15) is 0 Å². The van der Waals surface area contributed by atoms with Gasteiger partial charge in [0, 0.05) is 11.6 Å². The number of fused-ring (bicyclic) bond motifs is 1. The quantitative estimate of drug-likeness (QED) is 0.707. The van der Waals surface area contributed by atoms with Gasteiger partial charge in [-0.1, -0.05) is 12.1 Å². The highest BCUT2D eigenvalue weighted by molar-refractivity contribution is 6.06. The molecule has 2 aromatic rings. The smallest absolute Gasteiger partial charge is 0.250 e. The maximum Gasteiger partial charge on any atom is 0.250 e. The number of amides is 1. The van der Waals surface area contributed by atoms with Crippen LogP contribution in [-0.2, 0) is 4.79 Å². The molecule has 0 spiro atoms. The lowest BCUT2D eigenvalue weighted by Crippen LogP contribution is -2.12. The third-order valence-corrected chi connectivity index (χ3v) is 2.12. The summed E-state index contributed by atoms with van der Waals surface area (Å²) in [5, 5.41) is 0.827. The Morgan fingerprint density at radius 3 is 2.79 bits per heavy atom. The fourth-order valence-electron chi connectivity index (χ4n) is 1.51. The third-order valence-electron chi connectivity index (χ3n) is 2.12. The van der Waals surface area contributed by atoms with Gasteiger partial charge in [0.2, 0.25) is 6.41 Å². The number of carbonyl (C=O) groups is 2. The first-order chi connectivity index (χ1) is 6.74. The molecule has 0 aliphatic carbocycles. The Balaban J connectivity index is 2.88. The number of rotatable bonds is 2. The Bertz CT molecular complexity index is 514. The van der Waals surface area contributed by atoms with Crippen molar-refractivity contribution in [1.29, 1.82) is 0 Å². The predicted octanol–water partition coefficient (Wildman–Crippen LogP) is 0.778. The van der Waals surface area contributed by atoms with Crippen LogP contribution in [0, 0.1) is 0 Å². The van der Waals surface area contributed by atoms with E-state index in [-0.39, 0.29) is 0 Å². The van der Waals surface area contributed by atoms with E-state index < -0.39 is 5.91 Å². The average molecular weight is 188 g/mol. The molecule has 0 aliphatic heterocycles. The van der Waals surface area contributed by atoms with Crippen LogP contribution in [0.5, 0.6) is 0 Å². The van der Waals surface area contributed by atoms with Crippen LogP contribution >= 0.6 is 0 Å². The van der Waals surface area contributed by atoms with Gasteiger partial charge in [-0.05, 0) is 12.1 Å². The number of primary amides is 1. The van der Waals surface area contributed by atoms with E-state index in [1.165, 1.54) is 4.57 Å². The van der Waals surface area contributed by atoms with Crippen molar-refractivity contribution in [2.24, 2.45) is 5.73 Å². The summed E-state index contributed by atoms with van der Waals surface area (Å²) >= 11 is 0. The molecule has 0 aliphatic rings. The van der Waals surface area contributed by atoms with E-state index in [1.54, 1.807) is 24.4 Å². The van der Waals surface area contributed by atoms with E-state index in [4.69, 9.17) is 5.73 Å². The molecule has 4 heteroatoms. The number of hydrogen-bond acceptors (Lipinski definition) is 2. The minimum atomic E-state index is -0.530. The molecule has 1 heterocycles. The van der Waals surface area contributed by atoms with Crippen LogP contribution in [0.1, 0.15) is 10.4 Å². The standard InChI is InChI=1S/C10H8N2O2/c11-10(14)8-3-1-2-7-4-5-12(6-13)9(7)8/h1-6H,(H2,11,14). The Hall–Kier alpha value is -2.10. The molecular formula is C10H8N2O2. The van der Waals surface area contributed by atoms with Gasteiger partial charge in [-0.15, -0.1) is 0 Å². The van der Waals surface area contributed by atoms with Crippen molar-refractivity contribution in [2.75, 3.05) is 0 Å². The summed E-state index contributed by atoms with van der Waals surface area (Å²) in [4.78, 5) is 21.7. The first-order valence-corrected chi connectivity index (χ1v) is 4.08. The van der Waals surface area contributed by atoms with Gasteiger partial charge < -0.3 is 5.73 Å². The molecule has 4 nitrogen and oxygen atoms in total. The normalized spacial score (nSPS) is 10.3. The number of hydrogen-bond donors (Lipinski definition) is 1. The highest BCUT2D eigenvalue weighted by Crippen LogP contribution is 2.18. The topological polar surface area (TPSA) is 65.1 Å². The molecule has 0 atom stereocenters. The monoisotopic (exact) mass is 188 g/mol. The van der Waals surface area contributed by atoms with Crippen LogP contribution in [0.25, 0.3) is 10.9 Å².